The number of nitrogens with zero attached hydrogens (tertiary/aromatic N) is 3. The first-order valence-electron chi connectivity index (χ1n) is 9.21. The molecule has 3 aliphatic heterocycles. The zero-order valence-corrected chi connectivity index (χ0v) is 14.7. The van der Waals surface area contributed by atoms with Gasteiger partial charge in [-0.2, -0.15) is 0 Å². The van der Waals surface area contributed by atoms with E-state index in [1.165, 1.54) is 0 Å². The molecule has 0 spiro atoms. The SMILES string of the molecule is CCO[C@H]1COC[C@@H]1NC(=O)N1Cc2cccnc2N2CCC[C@H]2C1. The Labute approximate surface area is 148 Å². The van der Waals surface area contributed by atoms with Crippen molar-refractivity contribution in [1.82, 2.24) is 15.2 Å². The van der Waals surface area contributed by atoms with E-state index in [1.54, 1.807) is 0 Å². The number of hydrogen-bond donors (Lipinski definition) is 1. The number of amides is 2. The van der Waals surface area contributed by atoms with Crippen molar-refractivity contribution in [2.45, 2.75) is 44.5 Å². The molecular formula is C18H26N4O3. The quantitative estimate of drug-likeness (QED) is 0.896. The summed E-state index contributed by atoms with van der Waals surface area (Å²) in [7, 11) is 0. The molecule has 7 nitrogen and oxygen atoms in total. The first kappa shape index (κ1) is 16.6. The van der Waals surface area contributed by atoms with Gasteiger partial charge in [-0.3, -0.25) is 0 Å². The standard InChI is InChI=1S/C18H26N4O3/c1-2-25-16-12-24-11-15(16)20-18(23)21-9-13-5-3-7-19-17(13)22-8-4-6-14(22)10-21/h3,5,7,14-16H,2,4,6,8-12H2,1H3,(H,20,23)/t14-,15-,16-/m0/s1. The van der Waals surface area contributed by atoms with E-state index in [2.05, 4.69) is 21.3 Å². The summed E-state index contributed by atoms with van der Waals surface area (Å²) in [4.78, 5) is 21.8. The van der Waals surface area contributed by atoms with Gasteiger partial charge in [0, 0.05) is 37.5 Å². The highest BCUT2D eigenvalue weighted by atomic mass is 16.5. The molecule has 0 radical (unpaired) electrons. The molecule has 25 heavy (non-hydrogen) atoms. The van der Waals surface area contributed by atoms with Gasteiger partial charge in [-0.25, -0.2) is 9.78 Å². The van der Waals surface area contributed by atoms with Crippen molar-refractivity contribution in [2.24, 2.45) is 0 Å². The third-order valence-electron chi connectivity index (χ3n) is 5.31. The van der Waals surface area contributed by atoms with E-state index in [-0.39, 0.29) is 18.2 Å². The summed E-state index contributed by atoms with van der Waals surface area (Å²) in [6, 6.07) is 4.25. The first-order chi connectivity index (χ1) is 12.3. The van der Waals surface area contributed by atoms with Gasteiger partial charge >= 0.3 is 6.03 Å². The normalized spacial score (nSPS) is 28.4. The number of pyridine rings is 1. The predicted octanol–water partition coefficient (Wildman–Crippen LogP) is 1.38. The number of hydrogen-bond acceptors (Lipinski definition) is 5. The summed E-state index contributed by atoms with van der Waals surface area (Å²) in [6.45, 7) is 5.99. The van der Waals surface area contributed by atoms with Crippen LogP contribution in [0, 0.1) is 0 Å². The van der Waals surface area contributed by atoms with Crippen LogP contribution in [0.5, 0.6) is 0 Å². The molecule has 1 aromatic rings. The maximum atomic E-state index is 12.9. The van der Waals surface area contributed by atoms with Crippen LogP contribution in [-0.4, -0.2) is 67.0 Å². The van der Waals surface area contributed by atoms with Crippen molar-refractivity contribution >= 4 is 11.8 Å². The number of anilines is 1. The van der Waals surface area contributed by atoms with Gasteiger partial charge in [-0.15, -0.1) is 0 Å². The molecule has 136 valence electrons. The van der Waals surface area contributed by atoms with E-state index in [1.807, 2.05) is 24.1 Å². The molecule has 2 saturated heterocycles. The fraction of sp³-hybridized carbons (Fsp3) is 0.667. The molecule has 0 aromatic carbocycles. The maximum Gasteiger partial charge on any atom is 0.318 e. The number of ether oxygens (including phenoxy) is 2. The van der Waals surface area contributed by atoms with Crippen molar-refractivity contribution in [3.63, 3.8) is 0 Å². The molecule has 0 aliphatic carbocycles. The Morgan fingerprint density at radius 3 is 3.28 bits per heavy atom. The molecule has 3 atom stereocenters. The number of nitrogens with one attached hydrogen (secondary N) is 1. The number of carbonyl (C=O) groups is 1. The zero-order chi connectivity index (χ0) is 17.2. The van der Waals surface area contributed by atoms with Crippen LogP contribution < -0.4 is 10.2 Å². The average Bonchev–Trinajstić information content (AvgIpc) is 3.22. The van der Waals surface area contributed by atoms with Crippen molar-refractivity contribution in [1.29, 1.82) is 0 Å². The van der Waals surface area contributed by atoms with E-state index >= 15 is 0 Å². The molecule has 3 aliphatic rings. The van der Waals surface area contributed by atoms with Crippen LogP contribution in [0.4, 0.5) is 10.6 Å². The van der Waals surface area contributed by atoms with Crippen LogP contribution in [0.2, 0.25) is 0 Å². The first-order valence-corrected chi connectivity index (χ1v) is 9.21. The fourth-order valence-corrected chi connectivity index (χ4v) is 4.09. The Balaban J connectivity index is 1.49. The molecule has 0 saturated carbocycles. The van der Waals surface area contributed by atoms with E-state index < -0.39 is 0 Å². The summed E-state index contributed by atoms with van der Waals surface area (Å²) in [5, 5.41) is 3.12. The van der Waals surface area contributed by atoms with Crippen LogP contribution >= 0.6 is 0 Å². The second-order valence-corrected chi connectivity index (χ2v) is 6.94. The minimum absolute atomic E-state index is 0.0382. The second kappa shape index (κ2) is 7.17. The summed E-state index contributed by atoms with van der Waals surface area (Å²) < 4.78 is 11.2. The van der Waals surface area contributed by atoms with Gasteiger partial charge in [0.25, 0.3) is 0 Å². The highest BCUT2D eigenvalue weighted by Gasteiger charge is 2.36. The van der Waals surface area contributed by atoms with E-state index in [9.17, 15) is 4.79 Å². The van der Waals surface area contributed by atoms with E-state index in [0.717, 1.165) is 37.3 Å². The Morgan fingerprint density at radius 2 is 2.40 bits per heavy atom. The third kappa shape index (κ3) is 3.30. The van der Waals surface area contributed by atoms with Crippen molar-refractivity contribution < 1.29 is 14.3 Å². The van der Waals surface area contributed by atoms with Crippen molar-refractivity contribution in [3.05, 3.63) is 23.9 Å². The Bertz CT molecular complexity index is 626. The van der Waals surface area contributed by atoms with E-state index in [4.69, 9.17) is 9.47 Å². The Kier molecular flexibility index (Phi) is 4.76. The van der Waals surface area contributed by atoms with Gasteiger partial charge in [-0.1, -0.05) is 6.07 Å². The molecule has 2 fully saturated rings. The molecule has 0 bridgehead atoms. The molecule has 0 unspecified atom stereocenters. The van der Waals surface area contributed by atoms with Gasteiger partial charge in [0.2, 0.25) is 0 Å². The highest BCUT2D eigenvalue weighted by Crippen LogP contribution is 2.31. The monoisotopic (exact) mass is 346 g/mol. The number of urea groups is 1. The van der Waals surface area contributed by atoms with E-state index in [0.29, 0.717) is 32.4 Å². The van der Waals surface area contributed by atoms with Crippen LogP contribution in [-0.2, 0) is 16.0 Å². The lowest BCUT2D eigenvalue weighted by atomic mass is 10.2. The van der Waals surface area contributed by atoms with Gasteiger partial charge in [-0.05, 0) is 25.8 Å². The second-order valence-electron chi connectivity index (χ2n) is 6.94. The number of fused-ring (bicyclic) bond motifs is 3. The molecule has 4 rings (SSSR count). The summed E-state index contributed by atoms with van der Waals surface area (Å²) >= 11 is 0. The Hall–Kier alpha value is -1.86. The topological polar surface area (TPSA) is 66.9 Å². The summed E-state index contributed by atoms with van der Waals surface area (Å²) in [5.74, 6) is 1.04. The molecule has 7 heteroatoms. The highest BCUT2D eigenvalue weighted by molar-refractivity contribution is 5.75. The molecule has 2 amide bonds. The molecule has 1 N–H and O–H groups in total. The zero-order valence-electron chi connectivity index (χ0n) is 14.7. The van der Waals surface area contributed by atoms with Crippen LogP contribution in [0.1, 0.15) is 25.3 Å². The van der Waals surface area contributed by atoms with Crippen LogP contribution in [0.25, 0.3) is 0 Å². The number of aromatic nitrogens is 1. The lowest BCUT2D eigenvalue weighted by Crippen LogP contribution is -2.51. The Morgan fingerprint density at radius 1 is 1.48 bits per heavy atom. The minimum atomic E-state index is -0.0799. The molecule has 1 aromatic heterocycles. The summed E-state index contributed by atoms with van der Waals surface area (Å²) in [5.41, 5.74) is 1.12. The maximum absolute atomic E-state index is 12.9. The predicted molar refractivity (Wildman–Crippen MR) is 93.6 cm³/mol. The van der Waals surface area contributed by atoms with Crippen molar-refractivity contribution in [2.75, 3.05) is 37.8 Å². The minimum Gasteiger partial charge on any atom is -0.376 e. The average molecular weight is 346 g/mol. The number of carbonyl (C=O) groups excluding carboxylic acids is 1. The lowest BCUT2D eigenvalue weighted by molar-refractivity contribution is 0.0417. The van der Waals surface area contributed by atoms with Crippen molar-refractivity contribution in [3.8, 4) is 0 Å². The number of rotatable bonds is 3. The van der Waals surface area contributed by atoms with Crippen LogP contribution in [0.3, 0.4) is 0 Å². The van der Waals surface area contributed by atoms with Crippen LogP contribution in [0.15, 0.2) is 18.3 Å². The third-order valence-corrected chi connectivity index (χ3v) is 5.31. The lowest BCUT2D eigenvalue weighted by Gasteiger charge is -2.28. The van der Waals surface area contributed by atoms with Gasteiger partial charge in [0.1, 0.15) is 11.9 Å². The molecular weight excluding hydrogens is 320 g/mol. The van der Waals surface area contributed by atoms with Gasteiger partial charge in [0.05, 0.1) is 25.8 Å². The molecule has 4 heterocycles. The summed E-state index contributed by atoms with van der Waals surface area (Å²) in [6.07, 6.45) is 4.04. The smallest absolute Gasteiger partial charge is 0.318 e. The van der Waals surface area contributed by atoms with Gasteiger partial charge < -0.3 is 24.6 Å². The largest absolute Gasteiger partial charge is 0.376 e. The van der Waals surface area contributed by atoms with Gasteiger partial charge in [0.15, 0.2) is 0 Å². The fourth-order valence-electron chi connectivity index (χ4n) is 4.09.